The Morgan fingerprint density at radius 3 is 2.81 bits per heavy atom. The summed E-state index contributed by atoms with van der Waals surface area (Å²) < 4.78 is 5.43. The lowest BCUT2D eigenvalue weighted by Crippen LogP contribution is -2.55. The predicted octanol–water partition coefficient (Wildman–Crippen LogP) is 2.41. The molecule has 0 saturated carbocycles. The van der Waals surface area contributed by atoms with Gasteiger partial charge in [0.15, 0.2) is 0 Å². The van der Waals surface area contributed by atoms with Gasteiger partial charge in [0, 0.05) is 17.5 Å². The second-order valence-electron chi connectivity index (χ2n) is 5.65. The summed E-state index contributed by atoms with van der Waals surface area (Å²) in [4.78, 5) is 26.5. The molecule has 1 fully saturated rings. The molecule has 1 N–H and O–H groups in total. The first kappa shape index (κ1) is 15.7. The fraction of sp³-hybridized carbons (Fsp3) is 0.467. The first-order valence-electron chi connectivity index (χ1n) is 6.72. The van der Waals surface area contributed by atoms with Crippen LogP contribution in [0.3, 0.4) is 0 Å². The number of rotatable bonds is 3. The van der Waals surface area contributed by atoms with E-state index < -0.39 is 5.97 Å². The first-order chi connectivity index (χ1) is 9.81. The van der Waals surface area contributed by atoms with Crippen LogP contribution in [-0.4, -0.2) is 47.2 Å². The molecule has 0 spiro atoms. The van der Waals surface area contributed by atoms with Crippen molar-refractivity contribution in [2.75, 3.05) is 19.8 Å². The van der Waals surface area contributed by atoms with Gasteiger partial charge in [0.25, 0.3) is 5.91 Å². The van der Waals surface area contributed by atoms with Crippen LogP contribution >= 0.6 is 11.3 Å². The number of carbonyl (C=O) groups excluding carboxylic acids is 1. The van der Waals surface area contributed by atoms with Crippen LogP contribution in [0.4, 0.5) is 0 Å². The highest BCUT2D eigenvalue weighted by Crippen LogP contribution is 2.28. The summed E-state index contributed by atoms with van der Waals surface area (Å²) in [7, 11) is 0. The molecule has 1 aliphatic rings. The zero-order chi connectivity index (χ0) is 15.6. The van der Waals surface area contributed by atoms with E-state index in [-0.39, 0.29) is 11.4 Å². The lowest BCUT2D eigenvalue weighted by Gasteiger charge is -2.41. The second kappa shape index (κ2) is 5.99. The zero-order valence-electron chi connectivity index (χ0n) is 12.4. The average molecular weight is 309 g/mol. The van der Waals surface area contributed by atoms with Crippen molar-refractivity contribution in [1.82, 2.24) is 4.90 Å². The molecule has 0 atom stereocenters. The molecule has 21 heavy (non-hydrogen) atoms. The molecule has 2 rings (SSSR count). The van der Waals surface area contributed by atoms with E-state index in [4.69, 9.17) is 9.84 Å². The molecule has 0 aromatic carbocycles. The van der Waals surface area contributed by atoms with E-state index in [1.807, 2.05) is 31.7 Å². The Balaban J connectivity index is 2.24. The van der Waals surface area contributed by atoms with Gasteiger partial charge in [-0.25, -0.2) is 4.79 Å². The number of thiophene rings is 1. The van der Waals surface area contributed by atoms with Gasteiger partial charge in [-0.2, -0.15) is 0 Å². The molecule has 2 heterocycles. The van der Waals surface area contributed by atoms with Crippen LogP contribution in [0.15, 0.2) is 12.1 Å². The molecular formula is C15H19NO4S. The molecule has 1 aromatic heterocycles. The number of nitrogens with zero attached hydrogens (tertiary/aromatic N) is 1. The Hall–Kier alpha value is -1.66. The van der Waals surface area contributed by atoms with Crippen molar-refractivity contribution >= 4 is 29.3 Å². The molecule has 1 aromatic rings. The van der Waals surface area contributed by atoms with Gasteiger partial charge < -0.3 is 14.7 Å². The van der Waals surface area contributed by atoms with Gasteiger partial charge in [0.2, 0.25) is 0 Å². The summed E-state index contributed by atoms with van der Waals surface area (Å²) in [6.45, 7) is 7.48. The molecule has 114 valence electrons. The van der Waals surface area contributed by atoms with Crippen LogP contribution in [0.2, 0.25) is 0 Å². The predicted molar refractivity (Wildman–Crippen MR) is 81.7 cm³/mol. The number of morpholine rings is 1. The quantitative estimate of drug-likeness (QED) is 0.871. The number of amides is 1. The van der Waals surface area contributed by atoms with Crippen LogP contribution in [0.1, 0.15) is 34.0 Å². The lowest BCUT2D eigenvalue weighted by molar-refractivity contribution is -0.131. The number of carboxylic acids is 1. The van der Waals surface area contributed by atoms with E-state index in [1.165, 1.54) is 17.4 Å². The van der Waals surface area contributed by atoms with Crippen molar-refractivity contribution in [2.24, 2.45) is 0 Å². The third-order valence-electron chi connectivity index (χ3n) is 3.43. The molecule has 1 aliphatic heterocycles. The lowest BCUT2D eigenvalue weighted by atomic mass is 10.0. The number of carboxylic acid groups (broad SMARTS) is 1. The van der Waals surface area contributed by atoms with Crippen molar-refractivity contribution in [2.45, 2.75) is 26.3 Å². The minimum absolute atomic E-state index is 0.0219. The molecule has 0 radical (unpaired) electrons. The van der Waals surface area contributed by atoms with Gasteiger partial charge >= 0.3 is 5.97 Å². The van der Waals surface area contributed by atoms with Gasteiger partial charge in [-0.3, -0.25) is 4.79 Å². The van der Waals surface area contributed by atoms with Crippen molar-refractivity contribution in [3.63, 3.8) is 0 Å². The van der Waals surface area contributed by atoms with Gasteiger partial charge in [-0.15, -0.1) is 11.3 Å². The summed E-state index contributed by atoms with van der Waals surface area (Å²) in [5.41, 5.74) is 0.580. The molecule has 1 amide bonds. The summed E-state index contributed by atoms with van der Waals surface area (Å²) in [5.74, 6) is -1.02. The number of carbonyl (C=O) groups is 2. The third kappa shape index (κ3) is 3.51. The topological polar surface area (TPSA) is 66.8 Å². The second-order valence-corrected chi connectivity index (χ2v) is 6.74. The minimum atomic E-state index is -0.995. The molecular weight excluding hydrogens is 290 g/mol. The molecule has 0 unspecified atom stereocenters. The normalized spacial score (nSPS) is 18.1. The van der Waals surface area contributed by atoms with E-state index in [0.29, 0.717) is 24.6 Å². The maximum atomic E-state index is 12.7. The number of ether oxygens (including phenoxy) is 1. The average Bonchev–Trinajstić information content (AvgIpc) is 2.76. The highest BCUT2D eigenvalue weighted by Gasteiger charge is 2.35. The number of aliphatic carboxylic acids is 1. The van der Waals surface area contributed by atoms with Crippen molar-refractivity contribution < 1.29 is 19.4 Å². The summed E-state index contributed by atoms with van der Waals surface area (Å²) in [6.07, 6.45) is 2.62. The highest BCUT2D eigenvalue weighted by atomic mass is 32.1. The summed E-state index contributed by atoms with van der Waals surface area (Å²) in [5, 5.41) is 8.68. The van der Waals surface area contributed by atoms with E-state index in [9.17, 15) is 9.59 Å². The van der Waals surface area contributed by atoms with Crippen molar-refractivity contribution in [1.29, 1.82) is 0 Å². The van der Waals surface area contributed by atoms with Crippen LogP contribution in [0.25, 0.3) is 6.08 Å². The Morgan fingerprint density at radius 2 is 2.19 bits per heavy atom. The molecule has 1 saturated heterocycles. The third-order valence-corrected chi connectivity index (χ3v) is 4.62. The van der Waals surface area contributed by atoms with Crippen LogP contribution in [0.5, 0.6) is 0 Å². The van der Waals surface area contributed by atoms with Gasteiger partial charge in [-0.05, 0) is 38.5 Å². The fourth-order valence-corrected chi connectivity index (χ4v) is 3.31. The largest absolute Gasteiger partial charge is 0.478 e. The van der Waals surface area contributed by atoms with E-state index in [1.54, 1.807) is 0 Å². The number of hydrogen-bond donors (Lipinski definition) is 1. The smallest absolute Gasteiger partial charge is 0.328 e. The van der Waals surface area contributed by atoms with E-state index in [0.717, 1.165) is 16.5 Å². The highest BCUT2D eigenvalue weighted by molar-refractivity contribution is 7.15. The maximum Gasteiger partial charge on any atom is 0.328 e. The van der Waals surface area contributed by atoms with E-state index >= 15 is 0 Å². The standard InChI is InChI=1S/C15H19NO4S/c1-10-8-12(21-11(10)4-5-13(17)18)14(19)16-6-7-20-9-15(16,2)3/h4-5,8H,6-7,9H2,1-3H3,(H,17,18)/b5-4+. The molecule has 6 heteroatoms. The van der Waals surface area contributed by atoms with Gasteiger partial charge in [-0.1, -0.05) is 0 Å². The molecule has 0 bridgehead atoms. The van der Waals surface area contributed by atoms with E-state index in [2.05, 4.69) is 0 Å². The summed E-state index contributed by atoms with van der Waals surface area (Å²) >= 11 is 1.32. The monoisotopic (exact) mass is 309 g/mol. The first-order valence-corrected chi connectivity index (χ1v) is 7.54. The van der Waals surface area contributed by atoms with Crippen molar-refractivity contribution in [3.8, 4) is 0 Å². The summed E-state index contributed by atoms with van der Waals surface area (Å²) in [6, 6.07) is 1.82. The van der Waals surface area contributed by atoms with Gasteiger partial charge in [0.1, 0.15) is 0 Å². The fourth-order valence-electron chi connectivity index (χ4n) is 2.28. The Kier molecular flexibility index (Phi) is 4.49. The number of hydrogen-bond acceptors (Lipinski definition) is 4. The van der Waals surface area contributed by atoms with Crippen LogP contribution < -0.4 is 0 Å². The maximum absolute atomic E-state index is 12.7. The van der Waals surface area contributed by atoms with Crippen molar-refractivity contribution in [3.05, 3.63) is 27.5 Å². The Morgan fingerprint density at radius 1 is 1.48 bits per heavy atom. The minimum Gasteiger partial charge on any atom is -0.478 e. The zero-order valence-corrected chi connectivity index (χ0v) is 13.2. The Bertz CT molecular complexity index is 588. The van der Waals surface area contributed by atoms with Crippen LogP contribution in [0, 0.1) is 6.92 Å². The molecule has 5 nitrogen and oxygen atoms in total. The SMILES string of the molecule is Cc1cc(C(=O)N2CCOCC2(C)C)sc1/C=C/C(=O)O. The number of aryl methyl sites for hydroxylation is 1. The Labute approximate surface area is 127 Å². The molecule has 0 aliphatic carbocycles. The van der Waals surface area contributed by atoms with Gasteiger partial charge in [0.05, 0.1) is 23.6 Å². The van der Waals surface area contributed by atoms with Crippen LogP contribution in [-0.2, 0) is 9.53 Å².